The summed E-state index contributed by atoms with van der Waals surface area (Å²) in [6.45, 7) is -0.0432. The lowest BCUT2D eigenvalue weighted by Gasteiger charge is -2.12. The van der Waals surface area contributed by atoms with Crippen molar-refractivity contribution < 1.29 is 14.3 Å². The summed E-state index contributed by atoms with van der Waals surface area (Å²) in [7, 11) is 3.34. The zero-order valence-corrected chi connectivity index (χ0v) is 20.1. The van der Waals surface area contributed by atoms with Gasteiger partial charge in [0.05, 0.1) is 5.75 Å². The highest BCUT2D eigenvalue weighted by Gasteiger charge is 2.17. The van der Waals surface area contributed by atoms with Crippen LogP contribution in [0.25, 0.3) is 17.1 Å². The predicted molar refractivity (Wildman–Crippen MR) is 135 cm³/mol. The Morgan fingerprint density at radius 1 is 1.00 bits per heavy atom. The van der Waals surface area contributed by atoms with E-state index in [0.29, 0.717) is 22.4 Å². The Kier molecular flexibility index (Phi) is 7.74. The normalized spacial score (nSPS) is 10.6. The number of anilines is 1. The maximum Gasteiger partial charge on any atom is 0.259 e. The molecule has 0 atom stereocenters. The molecule has 0 aliphatic carbocycles. The van der Waals surface area contributed by atoms with E-state index in [-0.39, 0.29) is 24.2 Å². The number of pyridine rings is 1. The fraction of sp³-hybridized carbons (Fsp3) is 0.160. The van der Waals surface area contributed by atoms with Crippen LogP contribution in [0.15, 0.2) is 84.3 Å². The van der Waals surface area contributed by atoms with Crippen LogP contribution < -0.4 is 10.1 Å². The third-order valence-corrected chi connectivity index (χ3v) is 5.83. The first-order valence-corrected chi connectivity index (χ1v) is 11.8. The molecule has 0 aliphatic rings. The molecule has 0 saturated carbocycles. The average molecular weight is 489 g/mol. The van der Waals surface area contributed by atoms with Crippen LogP contribution in [-0.2, 0) is 9.59 Å². The van der Waals surface area contributed by atoms with E-state index in [1.54, 1.807) is 50.8 Å². The highest BCUT2D eigenvalue weighted by Crippen LogP contribution is 2.27. The first kappa shape index (κ1) is 24.0. The molecule has 2 aromatic heterocycles. The lowest BCUT2D eigenvalue weighted by Crippen LogP contribution is -2.27. The molecule has 2 amide bonds. The van der Waals surface area contributed by atoms with E-state index in [1.165, 1.54) is 16.7 Å². The molecule has 2 heterocycles. The molecule has 0 radical (unpaired) electrons. The van der Waals surface area contributed by atoms with Crippen LogP contribution in [0.2, 0.25) is 0 Å². The van der Waals surface area contributed by atoms with Crippen molar-refractivity contribution in [1.29, 1.82) is 0 Å². The number of rotatable bonds is 9. The Bertz CT molecular complexity index is 1280. The smallest absolute Gasteiger partial charge is 0.259 e. The molecule has 4 aromatic rings. The van der Waals surface area contributed by atoms with Gasteiger partial charge in [-0.05, 0) is 48.5 Å². The van der Waals surface area contributed by atoms with Gasteiger partial charge in [-0.1, -0.05) is 30.0 Å². The maximum atomic E-state index is 12.6. The third kappa shape index (κ3) is 6.24. The second-order valence-corrected chi connectivity index (χ2v) is 8.60. The summed E-state index contributed by atoms with van der Waals surface area (Å²) in [5.41, 5.74) is 2.35. The van der Waals surface area contributed by atoms with Gasteiger partial charge in [0.25, 0.3) is 5.91 Å². The summed E-state index contributed by atoms with van der Waals surface area (Å²) < 4.78 is 7.37. The number of nitrogens with one attached hydrogen (secondary N) is 1. The molecular weight excluding hydrogens is 464 g/mol. The van der Waals surface area contributed by atoms with Gasteiger partial charge in [0.15, 0.2) is 17.6 Å². The molecule has 0 saturated heterocycles. The van der Waals surface area contributed by atoms with E-state index in [1.807, 2.05) is 47.0 Å². The number of hydrogen-bond acceptors (Lipinski definition) is 7. The molecule has 9 nitrogen and oxygen atoms in total. The SMILES string of the molecule is CN(C)C(=O)COc1ccc(NC(=O)CSc2nnc(-c3cccnc3)n2-c2ccccc2)cc1. The first-order valence-electron chi connectivity index (χ1n) is 10.8. The molecule has 4 rings (SSSR count). The van der Waals surface area contributed by atoms with Crippen molar-refractivity contribution in [1.82, 2.24) is 24.6 Å². The molecule has 1 N–H and O–H groups in total. The fourth-order valence-corrected chi connectivity index (χ4v) is 3.84. The number of hydrogen-bond donors (Lipinski definition) is 1. The van der Waals surface area contributed by atoms with Crippen molar-refractivity contribution in [2.24, 2.45) is 0 Å². The molecular formula is C25H24N6O3S. The van der Waals surface area contributed by atoms with Crippen LogP contribution in [0.5, 0.6) is 5.75 Å². The van der Waals surface area contributed by atoms with Crippen molar-refractivity contribution in [3.05, 3.63) is 79.1 Å². The summed E-state index contributed by atoms with van der Waals surface area (Å²) in [4.78, 5) is 29.9. The topological polar surface area (TPSA) is 102 Å². The van der Waals surface area contributed by atoms with Crippen molar-refractivity contribution in [2.45, 2.75) is 5.16 Å². The average Bonchev–Trinajstić information content (AvgIpc) is 3.32. The van der Waals surface area contributed by atoms with Gasteiger partial charge in [0, 0.05) is 43.4 Å². The lowest BCUT2D eigenvalue weighted by molar-refractivity contribution is -0.130. The number of thioether (sulfide) groups is 1. The molecule has 0 fully saturated rings. The van der Waals surface area contributed by atoms with Crippen molar-refractivity contribution >= 4 is 29.3 Å². The number of amides is 2. The largest absolute Gasteiger partial charge is 0.484 e. The second kappa shape index (κ2) is 11.3. The summed E-state index contributed by atoms with van der Waals surface area (Å²) in [6.07, 6.45) is 3.43. The number of ether oxygens (including phenoxy) is 1. The van der Waals surface area contributed by atoms with Crippen molar-refractivity contribution in [3.8, 4) is 22.8 Å². The van der Waals surface area contributed by atoms with Crippen LogP contribution in [0.4, 0.5) is 5.69 Å². The van der Waals surface area contributed by atoms with Gasteiger partial charge in [-0.2, -0.15) is 0 Å². The van der Waals surface area contributed by atoms with Crippen molar-refractivity contribution in [2.75, 3.05) is 31.8 Å². The number of carbonyl (C=O) groups is 2. The minimum Gasteiger partial charge on any atom is -0.484 e. The van der Waals surface area contributed by atoms with Gasteiger partial charge in [0.1, 0.15) is 5.75 Å². The molecule has 10 heteroatoms. The monoisotopic (exact) mass is 488 g/mol. The quantitative estimate of drug-likeness (QED) is 0.360. The number of nitrogens with zero attached hydrogens (tertiary/aromatic N) is 5. The molecule has 0 aliphatic heterocycles. The van der Waals surface area contributed by atoms with E-state index in [0.717, 1.165) is 11.3 Å². The highest BCUT2D eigenvalue weighted by atomic mass is 32.2. The van der Waals surface area contributed by atoms with Gasteiger partial charge in [-0.25, -0.2) is 0 Å². The van der Waals surface area contributed by atoms with Gasteiger partial charge in [0.2, 0.25) is 5.91 Å². The molecule has 2 aromatic carbocycles. The zero-order valence-electron chi connectivity index (χ0n) is 19.3. The minimum absolute atomic E-state index is 0.0432. The summed E-state index contributed by atoms with van der Waals surface area (Å²) in [5.74, 6) is 1.03. The van der Waals surface area contributed by atoms with Crippen molar-refractivity contribution in [3.63, 3.8) is 0 Å². The maximum absolute atomic E-state index is 12.6. The fourth-order valence-electron chi connectivity index (χ4n) is 3.09. The van der Waals surface area contributed by atoms with E-state index < -0.39 is 0 Å². The van der Waals surface area contributed by atoms with Crippen LogP contribution in [0, 0.1) is 0 Å². The number of benzene rings is 2. The Morgan fingerprint density at radius 3 is 2.46 bits per heavy atom. The number of carbonyl (C=O) groups excluding carboxylic acids is 2. The summed E-state index contributed by atoms with van der Waals surface area (Å²) >= 11 is 1.29. The molecule has 35 heavy (non-hydrogen) atoms. The van der Waals surface area contributed by atoms with Crippen LogP contribution in [0.3, 0.4) is 0 Å². The third-order valence-electron chi connectivity index (χ3n) is 4.90. The van der Waals surface area contributed by atoms with E-state index in [4.69, 9.17) is 4.74 Å². The molecule has 0 spiro atoms. The minimum atomic E-state index is -0.183. The summed E-state index contributed by atoms with van der Waals surface area (Å²) in [5, 5.41) is 12.1. The number of likely N-dealkylation sites (N-methyl/N-ethyl adjacent to an activating group) is 1. The van der Waals surface area contributed by atoms with Gasteiger partial charge >= 0.3 is 0 Å². The molecule has 178 valence electrons. The van der Waals surface area contributed by atoms with E-state index in [2.05, 4.69) is 20.5 Å². The molecule has 0 bridgehead atoms. The van der Waals surface area contributed by atoms with Crippen LogP contribution in [-0.4, -0.2) is 62.9 Å². The van der Waals surface area contributed by atoms with Crippen LogP contribution in [0.1, 0.15) is 0 Å². The second-order valence-electron chi connectivity index (χ2n) is 7.66. The number of para-hydroxylation sites is 1. The van der Waals surface area contributed by atoms with Crippen LogP contribution >= 0.6 is 11.8 Å². The first-order chi connectivity index (χ1) is 17.0. The Balaban J connectivity index is 1.41. The summed E-state index contributed by atoms with van der Waals surface area (Å²) in [6, 6.07) is 20.4. The predicted octanol–water partition coefficient (Wildman–Crippen LogP) is 3.53. The Hall–Kier alpha value is -4.18. The van der Waals surface area contributed by atoms with Gasteiger partial charge in [-0.15, -0.1) is 10.2 Å². The lowest BCUT2D eigenvalue weighted by atomic mass is 10.2. The number of aromatic nitrogens is 4. The van der Waals surface area contributed by atoms with E-state index >= 15 is 0 Å². The standard InChI is InChI=1S/C25H24N6O3S/c1-30(2)23(33)16-34-21-12-10-19(11-13-21)27-22(32)17-35-25-29-28-24(18-7-6-14-26-15-18)31(25)20-8-4-3-5-9-20/h3-15H,16-17H2,1-2H3,(H,27,32). The molecule has 0 unspecified atom stereocenters. The Morgan fingerprint density at radius 2 is 1.77 bits per heavy atom. The Labute approximate surface area is 207 Å². The zero-order chi connectivity index (χ0) is 24.6. The highest BCUT2D eigenvalue weighted by molar-refractivity contribution is 7.99. The van der Waals surface area contributed by atoms with E-state index in [9.17, 15) is 9.59 Å². The van der Waals surface area contributed by atoms with Gasteiger partial charge < -0.3 is 15.0 Å². The van der Waals surface area contributed by atoms with Gasteiger partial charge in [-0.3, -0.25) is 19.1 Å².